The Morgan fingerprint density at radius 2 is 1.94 bits per heavy atom. The number of rotatable bonds is 8. The van der Waals surface area contributed by atoms with Crippen LogP contribution in [0.4, 0.5) is 0 Å². The highest BCUT2D eigenvalue weighted by atomic mass is 16.5. The second-order valence-corrected chi connectivity index (χ2v) is 5.83. The van der Waals surface area contributed by atoms with Crippen LogP contribution in [-0.4, -0.2) is 26.8 Å². The van der Waals surface area contributed by atoms with E-state index in [1.54, 1.807) is 7.11 Å². The predicted molar refractivity (Wildman–Crippen MR) is 69.7 cm³/mol. The van der Waals surface area contributed by atoms with Crippen molar-refractivity contribution in [3.05, 3.63) is 0 Å². The monoisotopic (exact) mass is 227 g/mol. The Labute approximate surface area is 101 Å². The van der Waals surface area contributed by atoms with Crippen LogP contribution in [0.5, 0.6) is 0 Å². The van der Waals surface area contributed by atoms with Crippen LogP contribution >= 0.6 is 0 Å². The summed E-state index contributed by atoms with van der Waals surface area (Å²) >= 11 is 0. The van der Waals surface area contributed by atoms with Gasteiger partial charge in [0.1, 0.15) is 0 Å². The van der Waals surface area contributed by atoms with Gasteiger partial charge in [-0.1, -0.05) is 26.7 Å². The van der Waals surface area contributed by atoms with Gasteiger partial charge in [-0.05, 0) is 43.6 Å². The van der Waals surface area contributed by atoms with Crippen molar-refractivity contribution >= 4 is 0 Å². The minimum absolute atomic E-state index is 0.591. The summed E-state index contributed by atoms with van der Waals surface area (Å²) < 4.78 is 5.17. The molecule has 1 aliphatic rings. The first-order valence-electron chi connectivity index (χ1n) is 6.88. The molecule has 0 aromatic carbocycles. The van der Waals surface area contributed by atoms with E-state index < -0.39 is 0 Å². The summed E-state index contributed by atoms with van der Waals surface area (Å²) in [6, 6.07) is 0. The Kier molecular flexibility index (Phi) is 6.37. The first kappa shape index (κ1) is 14.0. The number of nitrogens with one attached hydrogen (secondary N) is 1. The molecule has 0 bridgehead atoms. The Balaban J connectivity index is 2.27. The Morgan fingerprint density at radius 3 is 2.50 bits per heavy atom. The maximum absolute atomic E-state index is 5.17. The highest BCUT2D eigenvalue weighted by Crippen LogP contribution is 2.41. The third kappa shape index (κ3) is 4.84. The highest BCUT2D eigenvalue weighted by molar-refractivity contribution is 4.86. The molecule has 96 valence electrons. The van der Waals surface area contributed by atoms with Gasteiger partial charge in [-0.15, -0.1) is 0 Å². The fraction of sp³-hybridized carbons (Fsp3) is 1.00. The van der Waals surface area contributed by atoms with Gasteiger partial charge in [0.15, 0.2) is 0 Å². The standard InChI is InChI=1S/C14H29NO/c1-13(2)11-15-12-14(7-4-5-8-14)9-6-10-16-3/h13,15H,4-12H2,1-3H3. The van der Waals surface area contributed by atoms with E-state index in [-0.39, 0.29) is 0 Å². The van der Waals surface area contributed by atoms with Crippen molar-refractivity contribution in [2.24, 2.45) is 11.3 Å². The van der Waals surface area contributed by atoms with Gasteiger partial charge in [0.2, 0.25) is 0 Å². The lowest BCUT2D eigenvalue weighted by Gasteiger charge is -2.30. The fourth-order valence-corrected chi connectivity index (χ4v) is 2.86. The molecule has 2 heteroatoms. The van der Waals surface area contributed by atoms with E-state index in [0.29, 0.717) is 5.41 Å². The van der Waals surface area contributed by atoms with Crippen LogP contribution in [0, 0.1) is 11.3 Å². The van der Waals surface area contributed by atoms with Crippen molar-refractivity contribution in [2.45, 2.75) is 52.4 Å². The molecule has 0 amide bonds. The van der Waals surface area contributed by atoms with Crippen LogP contribution in [0.25, 0.3) is 0 Å². The van der Waals surface area contributed by atoms with Gasteiger partial charge in [-0.25, -0.2) is 0 Å². The summed E-state index contributed by atoms with van der Waals surface area (Å²) in [5.74, 6) is 0.762. The number of ether oxygens (including phenoxy) is 1. The molecule has 0 atom stereocenters. The number of hydrogen-bond acceptors (Lipinski definition) is 2. The molecule has 0 heterocycles. The molecular formula is C14H29NO. The molecule has 1 N–H and O–H groups in total. The second kappa shape index (κ2) is 7.29. The molecule has 1 saturated carbocycles. The van der Waals surface area contributed by atoms with Crippen molar-refractivity contribution in [3.63, 3.8) is 0 Å². The lowest BCUT2D eigenvalue weighted by Crippen LogP contribution is -2.34. The topological polar surface area (TPSA) is 21.3 Å². The van der Waals surface area contributed by atoms with E-state index >= 15 is 0 Å². The third-order valence-corrected chi connectivity index (χ3v) is 3.77. The zero-order chi connectivity index (χ0) is 11.9. The van der Waals surface area contributed by atoms with Crippen LogP contribution < -0.4 is 5.32 Å². The summed E-state index contributed by atoms with van der Waals surface area (Å²) in [7, 11) is 1.80. The Hall–Kier alpha value is -0.0800. The maximum atomic E-state index is 5.17. The Bertz CT molecular complexity index is 174. The lowest BCUT2D eigenvalue weighted by atomic mass is 9.81. The van der Waals surface area contributed by atoms with E-state index in [1.807, 2.05) is 0 Å². The van der Waals surface area contributed by atoms with Gasteiger partial charge in [0, 0.05) is 20.3 Å². The van der Waals surface area contributed by atoms with Crippen LogP contribution in [0.2, 0.25) is 0 Å². The number of hydrogen-bond donors (Lipinski definition) is 1. The average Bonchev–Trinajstić information content (AvgIpc) is 2.67. The van der Waals surface area contributed by atoms with E-state index in [4.69, 9.17) is 4.74 Å². The van der Waals surface area contributed by atoms with Gasteiger partial charge >= 0.3 is 0 Å². The molecule has 0 spiro atoms. The third-order valence-electron chi connectivity index (χ3n) is 3.77. The molecule has 0 saturated heterocycles. The molecule has 1 rings (SSSR count). The molecule has 0 unspecified atom stereocenters. The fourth-order valence-electron chi connectivity index (χ4n) is 2.86. The quantitative estimate of drug-likeness (QED) is 0.643. The van der Waals surface area contributed by atoms with E-state index in [1.165, 1.54) is 45.1 Å². The van der Waals surface area contributed by atoms with Crippen molar-refractivity contribution < 1.29 is 4.74 Å². The van der Waals surface area contributed by atoms with Gasteiger partial charge in [-0.3, -0.25) is 0 Å². The summed E-state index contributed by atoms with van der Waals surface area (Å²) in [5, 5.41) is 3.65. The van der Waals surface area contributed by atoms with Crippen LogP contribution in [-0.2, 0) is 4.74 Å². The van der Waals surface area contributed by atoms with Gasteiger partial charge in [-0.2, -0.15) is 0 Å². The van der Waals surface area contributed by atoms with Crippen molar-refractivity contribution in [3.8, 4) is 0 Å². The maximum Gasteiger partial charge on any atom is 0.0462 e. The summed E-state index contributed by atoms with van der Waals surface area (Å²) in [4.78, 5) is 0. The van der Waals surface area contributed by atoms with Crippen molar-refractivity contribution in [1.82, 2.24) is 5.32 Å². The molecule has 0 radical (unpaired) electrons. The Morgan fingerprint density at radius 1 is 1.25 bits per heavy atom. The minimum atomic E-state index is 0.591. The second-order valence-electron chi connectivity index (χ2n) is 5.83. The smallest absolute Gasteiger partial charge is 0.0462 e. The molecule has 1 aliphatic carbocycles. The zero-order valence-corrected chi connectivity index (χ0v) is 11.3. The molecule has 2 nitrogen and oxygen atoms in total. The average molecular weight is 227 g/mol. The largest absolute Gasteiger partial charge is 0.385 e. The lowest BCUT2D eigenvalue weighted by molar-refractivity contribution is 0.163. The first-order valence-corrected chi connectivity index (χ1v) is 6.88. The van der Waals surface area contributed by atoms with Gasteiger partial charge in [0.05, 0.1) is 0 Å². The molecule has 0 aromatic heterocycles. The van der Waals surface area contributed by atoms with E-state index in [0.717, 1.165) is 19.1 Å². The minimum Gasteiger partial charge on any atom is -0.385 e. The van der Waals surface area contributed by atoms with Crippen LogP contribution in [0.1, 0.15) is 52.4 Å². The zero-order valence-electron chi connectivity index (χ0n) is 11.3. The molecule has 1 fully saturated rings. The summed E-state index contributed by atoms with van der Waals surface area (Å²) in [6.45, 7) is 7.85. The van der Waals surface area contributed by atoms with Crippen LogP contribution in [0.15, 0.2) is 0 Å². The molecular weight excluding hydrogens is 198 g/mol. The van der Waals surface area contributed by atoms with E-state index in [9.17, 15) is 0 Å². The predicted octanol–water partition coefficient (Wildman–Crippen LogP) is 3.22. The highest BCUT2D eigenvalue weighted by Gasteiger charge is 2.32. The van der Waals surface area contributed by atoms with Gasteiger partial charge in [0.25, 0.3) is 0 Å². The SMILES string of the molecule is COCCCC1(CNCC(C)C)CCCC1. The van der Waals surface area contributed by atoms with Crippen molar-refractivity contribution in [1.29, 1.82) is 0 Å². The molecule has 16 heavy (non-hydrogen) atoms. The first-order chi connectivity index (χ1) is 7.68. The summed E-state index contributed by atoms with van der Waals surface area (Å²) in [5.41, 5.74) is 0.591. The number of methoxy groups -OCH3 is 1. The molecule has 0 aromatic rings. The summed E-state index contributed by atoms with van der Waals surface area (Å²) in [6.07, 6.45) is 8.25. The van der Waals surface area contributed by atoms with E-state index in [2.05, 4.69) is 19.2 Å². The normalized spacial score (nSPS) is 19.5. The van der Waals surface area contributed by atoms with Gasteiger partial charge < -0.3 is 10.1 Å². The van der Waals surface area contributed by atoms with Crippen molar-refractivity contribution in [2.75, 3.05) is 26.8 Å². The van der Waals surface area contributed by atoms with Crippen LogP contribution in [0.3, 0.4) is 0 Å². The molecule has 0 aliphatic heterocycles.